The summed E-state index contributed by atoms with van der Waals surface area (Å²) in [7, 11) is 0. The second-order valence-corrected chi connectivity index (χ2v) is 9.68. The van der Waals surface area contributed by atoms with Gasteiger partial charge in [0.1, 0.15) is 12.4 Å². The fourth-order valence-corrected chi connectivity index (χ4v) is 4.73. The average molecular weight is 497 g/mol. The molecule has 0 unspecified atom stereocenters. The Kier molecular flexibility index (Phi) is 8.72. The van der Waals surface area contributed by atoms with E-state index in [-0.39, 0.29) is 24.4 Å². The molecular weight excluding hydrogens is 460 g/mol. The second kappa shape index (κ2) is 12.3. The fourth-order valence-electron chi connectivity index (χ4n) is 4.73. The number of imidazole rings is 1. The second-order valence-electron chi connectivity index (χ2n) is 9.68. The number of aryl methyl sites for hydroxylation is 2. The summed E-state index contributed by atoms with van der Waals surface area (Å²) >= 11 is 0. The van der Waals surface area contributed by atoms with E-state index >= 15 is 0 Å². The zero-order chi connectivity index (χ0) is 26.2. The van der Waals surface area contributed by atoms with E-state index in [0.29, 0.717) is 6.54 Å². The number of para-hydroxylation sites is 3. The van der Waals surface area contributed by atoms with Gasteiger partial charge in [-0.3, -0.25) is 9.59 Å². The van der Waals surface area contributed by atoms with Gasteiger partial charge in [-0.1, -0.05) is 55.0 Å². The number of benzene rings is 3. The Morgan fingerprint density at radius 3 is 2.35 bits per heavy atom. The van der Waals surface area contributed by atoms with Crippen LogP contribution >= 0.6 is 0 Å². The molecule has 1 aromatic heterocycles. The van der Waals surface area contributed by atoms with Crippen molar-refractivity contribution in [1.29, 1.82) is 0 Å². The van der Waals surface area contributed by atoms with E-state index in [0.717, 1.165) is 59.4 Å². The van der Waals surface area contributed by atoms with Gasteiger partial charge in [-0.2, -0.15) is 0 Å². The molecule has 1 N–H and O–H groups in total. The van der Waals surface area contributed by atoms with Gasteiger partial charge in [0.15, 0.2) is 0 Å². The van der Waals surface area contributed by atoms with Crippen LogP contribution in [0.2, 0.25) is 0 Å². The molecule has 0 saturated heterocycles. The highest BCUT2D eigenvalue weighted by atomic mass is 16.2. The van der Waals surface area contributed by atoms with E-state index in [1.807, 2.05) is 105 Å². The van der Waals surface area contributed by atoms with Gasteiger partial charge in [-0.25, -0.2) is 4.98 Å². The Balaban J connectivity index is 1.38. The van der Waals surface area contributed by atoms with Crippen molar-refractivity contribution in [2.75, 3.05) is 11.4 Å². The molecule has 0 aliphatic rings. The number of hydrogen-bond acceptors (Lipinski definition) is 3. The number of carbonyl (C=O) groups is 2. The van der Waals surface area contributed by atoms with Crippen LogP contribution in [0, 0.1) is 6.92 Å². The number of hydrogen-bond donors (Lipinski definition) is 1. The number of anilines is 1. The van der Waals surface area contributed by atoms with E-state index in [2.05, 4.69) is 9.88 Å². The third-order valence-corrected chi connectivity index (χ3v) is 6.60. The summed E-state index contributed by atoms with van der Waals surface area (Å²) in [4.78, 5) is 32.6. The molecule has 4 aromatic rings. The van der Waals surface area contributed by atoms with Crippen molar-refractivity contribution in [3.05, 3.63) is 95.8 Å². The Morgan fingerprint density at radius 1 is 0.892 bits per heavy atom. The predicted molar refractivity (Wildman–Crippen MR) is 150 cm³/mol. The molecule has 6 heteroatoms. The highest BCUT2D eigenvalue weighted by molar-refractivity contribution is 5.95. The van der Waals surface area contributed by atoms with Crippen molar-refractivity contribution in [2.45, 2.75) is 59.0 Å². The lowest BCUT2D eigenvalue weighted by Crippen LogP contribution is -2.39. The van der Waals surface area contributed by atoms with Crippen LogP contribution in [0.3, 0.4) is 0 Å². The summed E-state index contributed by atoms with van der Waals surface area (Å²) in [6.45, 7) is 6.91. The van der Waals surface area contributed by atoms with Crippen LogP contribution < -0.4 is 10.2 Å². The quantitative estimate of drug-likeness (QED) is 0.262. The van der Waals surface area contributed by atoms with E-state index in [9.17, 15) is 9.59 Å². The molecule has 4 rings (SSSR count). The van der Waals surface area contributed by atoms with E-state index in [1.54, 1.807) is 0 Å². The monoisotopic (exact) mass is 496 g/mol. The van der Waals surface area contributed by atoms with Crippen molar-refractivity contribution in [3.8, 4) is 0 Å². The third kappa shape index (κ3) is 6.45. The van der Waals surface area contributed by atoms with Gasteiger partial charge >= 0.3 is 0 Å². The Morgan fingerprint density at radius 2 is 1.59 bits per heavy atom. The topological polar surface area (TPSA) is 67.2 Å². The molecule has 192 valence electrons. The largest absolute Gasteiger partial charge is 0.352 e. The number of nitrogens with one attached hydrogen (secondary N) is 1. The fraction of sp³-hybridized carbons (Fsp3) is 0.323. The molecule has 37 heavy (non-hydrogen) atoms. The van der Waals surface area contributed by atoms with Crippen molar-refractivity contribution >= 4 is 28.5 Å². The van der Waals surface area contributed by atoms with Gasteiger partial charge in [-0.05, 0) is 69.5 Å². The number of aromatic nitrogens is 2. The normalized spacial score (nSPS) is 11.1. The predicted octanol–water partition coefficient (Wildman–Crippen LogP) is 5.93. The molecular formula is C31H36N4O2. The van der Waals surface area contributed by atoms with Gasteiger partial charge < -0.3 is 14.8 Å². The summed E-state index contributed by atoms with van der Waals surface area (Å²) in [6, 6.07) is 25.5. The Bertz CT molecular complexity index is 1340. The third-order valence-electron chi connectivity index (χ3n) is 6.60. The lowest BCUT2D eigenvalue weighted by Gasteiger charge is -2.27. The van der Waals surface area contributed by atoms with Gasteiger partial charge in [0.05, 0.1) is 11.0 Å². The molecule has 0 saturated carbocycles. The smallest absolute Gasteiger partial charge is 0.251 e. The van der Waals surface area contributed by atoms with Gasteiger partial charge in [0.2, 0.25) is 5.91 Å². The minimum absolute atomic E-state index is 0.0217. The maximum absolute atomic E-state index is 13.5. The molecule has 6 nitrogen and oxygen atoms in total. The van der Waals surface area contributed by atoms with Crippen molar-refractivity contribution < 1.29 is 9.59 Å². The first kappa shape index (κ1) is 26.1. The standard InChI is InChI=1S/C31H36N4O2/c1-23(2)35(25-15-6-4-7-16-25)30(36)22-34-28-19-12-11-18-27(28)33-29(34)20-8-5-13-21-32-31(37)26-17-10-9-14-24(26)3/h4,6-7,9-12,14-19,23H,5,8,13,20-22H2,1-3H3,(H,32,37). The van der Waals surface area contributed by atoms with Crippen LogP contribution in [0.4, 0.5) is 5.69 Å². The zero-order valence-electron chi connectivity index (χ0n) is 22.0. The molecule has 2 amide bonds. The summed E-state index contributed by atoms with van der Waals surface area (Å²) in [6.07, 6.45) is 3.57. The van der Waals surface area contributed by atoms with Crippen LogP contribution in [0.25, 0.3) is 11.0 Å². The summed E-state index contributed by atoms with van der Waals surface area (Å²) in [5.41, 5.74) is 4.50. The highest BCUT2D eigenvalue weighted by Crippen LogP contribution is 2.21. The first-order valence-electron chi connectivity index (χ1n) is 13.1. The molecule has 0 radical (unpaired) electrons. The molecule has 0 aliphatic carbocycles. The molecule has 0 aliphatic heterocycles. The number of rotatable bonds is 11. The average Bonchev–Trinajstić information content (AvgIpc) is 3.23. The minimum atomic E-state index is -0.0217. The van der Waals surface area contributed by atoms with E-state index in [1.165, 1.54) is 0 Å². The number of nitrogens with zero attached hydrogens (tertiary/aromatic N) is 3. The lowest BCUT2D eigenvalue weighted by molar-refractivity contribution is -0.119. The number of unbranched alkanes of at least 4 members (excludes halogenated alkanes) is 2. The molecule has 1 heterocycles. The maximum Gasteiger partial charge on any atom is 0.251 e. The van der Waals surface area contributed by atoms with Crippen molar-refractivity contribution in [1.82, 2.24) is 14.9 Å². The molecule has 0 bridgehead atoms. The molecule has 0 atom stereocenters. The van der Waals surface area contributed by atoms with Gasteiger partial charge in [0.25, 0.3) is 5.91 Å². The highest BCUT2D eigenvalue weighted by Gasteiger charge is 2.21. The maximum atomic E-state index is 13.5. The van der Waals surface area contributed by atoms with Gasteiger partial charge in [-0.15, -0.1) is 0 Å². The lowest BCUT2D eigenvalue weighted by atomic mass is 10.1. The van der Waals surface area contributed by atoms with Gasteiger partial charge in [0, 0.05) is 30.3 Å². The van der Waals surface area contributed by atoms with Crippen LogP contribution in [-0.4, -0.2) is 34.0 Å². The first-order valence-corrected chi connectivity index (χ1v) is 13.1. The molecule has 0 spiro atoms. The van der Waals surface area contributed by atoms with E-state index < -0.39 is 0 Å². The molecule has 3 aromatic carbocycles. The van der Waals surface area contributed by atoms with Crippen molar-refractivity contribution in [3.63, 3.8) is 0 Å². The van der Waals surface area contributed by atoms with Crippen molar-refractivity contribution in [2.24, 2.45) is 0 Å². The first-order chi connectivity index (χ1) is 18.0. The summed E-state index contributed by atoms with van der Waals surface area (Å²) in [5.74, 6) is 0.950. The Labute approximate surface area is 219 Å². The summed E-state index contributed by atoms with van der Waals surface area (Å²) < 4.78 is 2.07. The van der Waals surface area contributed by atoms with Crippen LogP contribution in [-0.2, 0) is 17.8 Å². The number of amides is 2. The Hall–Kier alpha value is -3.93. The molecule has 0 fully saturated rings. The minimum Gasteiger partial charge on any atom is -0.352 e. The zero-order valence-corrected chi connectivity index (χ0v) is 22.0. The van der Waals surface area contributed by atoms with Crippen LogP contribution in [0.15, 0.2) is 78.9 Å². The number of fused-ring (bicyclic) bond motifs is 1. The summed E-state index contributed by atoms with van der Waals surface area (Å²) in [5, 5.41) is 3.03. The SMILES string of the molecule is Cc1ccccc1C(=O)NCCCCCc1nc2ccccc2n1CC(=O)N(c1ccccc1)C(C)C. The van der Waals surface area contributed by atoms with Crippen LogP contribution in [0.1, 0.15) is 54.9 Å². The van der Waals surface area contributed by atoms with E-state index in [4.69, 9.17) is 4.98 Å². The number of carbonyl (C=O) groups excluding carboxylic acids is 2. The van der Waals surface area contributed by atoms with Crippen LogP contribution in [0.5, 0.6) is 0 Å².